The molecule has 1 amide bonds. The molecule has 0 saturated heterocycles. The number of hydrogen-bond acceptors (Lipinski definition) is 5. The summed E-state index contributed by atoms with van der Waals surface area (Å²) in [5.41, 5.74) is 0.940. The molecule has 2 rings (SSSR count). The van der Waals surface area contributed by atoms with Crippen molar-refractivity contribution < 1.29 is 9.72 Å². The quantitative estimate of drug-likeness (QED) is 0.646. The van der Waals surface area contributed by atoms with Gasteiger partial charge in [-0.1, -0.05) is 19.9 Å². The molecule has 0 aliphatic heterocycles. The number of nitrogens with one attached hydrogen (secondary N) is 2. The van der Waals surface area contributed by atoms with Crippen LogP contribution in [0.1, 0.15) is 35.9 Å². The second-order valence-corrected chi connectivity index (χ2v) is 4.37. The molecule has 0 unspecified atom stereocenters. The number of benzene rings is 1. The van der Waals surface area contributed by atoms with Crippen LogP contribution in [0, 0.1) is 10.1 Å². The SMILES string of the molecule is CCc1nc(C(=O)Nc2ccc(CC)c([N+](=O)[O-])c2)n[nH]1. The molecule has 8 nitrogen and oxygen atoms in total. The number of carbonyl (C=O) groups excluding carboxylic acids is 1. The van der Waals surface area contributed by atoms with E-state index >= 15 is 0 Å². The van der Waals surface area contributed by atoms with E-state index in [1.807, 2.05) is 13.8 Å². The van der Waals surface area contributed by atoms with Crippen LogP contribution in [0.4, 0.5) is 11.4 Å². The van der Waals surface area contributed by atoms with Gasteiger partial charge >= 0.3 is 0 Å². The highest BCUT2D eigenvalue weighted by Crippen LogP contribution is 2.23. The van der Waals surface area contributed by atoms with Gasteiger partial charge in [0.15, 0.2) is 0 Å². The number of amides is 1. The molecule has 0 bridgehead atoms. The Balaban J connectivity index is 2.21. The Labute approximate surface area is 120 Å². The largest absolute Gasteiger partial charge is 0.319 e. The average molecular weight is 289 g/mol. The van der Waals surface area contributed by atoms with Gasteiger partial charge in [-0.15, -0.1) is 5.10 Å². The van der Waals surface area contributed by atoms with Gasteiger partial charge in [-0.05, 0) is 12.5 Å². The lowest BCUT2D eigenvalue weighted by molar-refractivity contribution is -0.385. The topological polar surface area (TPSA) is 114 Å². The van der Waals surface area contributed by atoms with E-state index in [1.54, 1.807) is 12.1 Å². The molecule has 0 fully saturated rings. The van der Waals surface area contributed by atoms with Crippen molar-refractivity contribution in [1.29, 1.82) is 0 Å². The molecule has 2 aromatic rings. The fourth-order valence-electron chi connectivity index (χ4n) is 1.85. The standard InChI is InChI=1S/C13H15N5O3/c1-3-8-5-6-9(7-10(8)18(20)21)14-13(19)12-15-11(4-2)16-17-12/h5-7H,3-4H2,1-2H3,(H,14,19)(H,15,16,17). The molecule has 110 valence electrons. The van der Waals surface area contributed by atoms with Crippen LogP contribution in [0.15, 0.2) is 18.2 Å². The summed E-state index contributed by atoms with van der Waals surface area (Å²) < 4.78 is 0. The van der Waals surface area contributed by atoms with Crippen LogP contribution in [-0.4, -0.2) is 26.0 Å². The maximum atomic E-state index is 12.0. The van der Waals surface area contributed by atoms with Crippen molar-refractivity contribution in [3.05, 3.63) is 45.5 Å². The number of aromatic nitrogens is 3. The van der Waals surface area contributed by atoms with E-state index in [0.29, 0.717) is 29.9 Å². The summed E-state index contributed by atoms with van der Waals surface area (Å²) in [4.78, 5) is 26.5. The van der Waals surface area contributed by atoms with Crippen LogP contribution in [0.2, 0.25) is 0 Å². The van der Waals surface area contributed by atoms with Gasteiger partial charge in [0.05, 0.1) is 4.92 Å². The van der Waals surface area contributed by atoms with Gasteiger partial charge in [0.25, 0.3) is 11.6 Å². The zero-order valence-corrected chi connectivity index (χ0v) is 11.7. The lowest BCUT2D eigenvalue weighted by atomic mass is 10.1. The van der Waals surface area contributed by atoms with Gasteiger partial charge in [0.2, 0.25) is 5.82 Å². The molecule has 1 aromatic carbocycles. The summed E-state index contributed by atoms with van der Waals surface area (Å²) in [6.45, 7) is 3.72. The normalized spacial score (nSPS) is 10.4. The summed E-state index contributed by atoms with van der Waals surface area (Å²) in [6.07, 6.45) is 1.18. The predicted molar refractivity (Wildman–Crippen MR) is 76.2 cm³/mol. The number of hydrogen-bond donors (Lipinski definition) is 2. The fraction of sp³-hybridized carbons (Fsp3) is 0.308. The number of nitrogens with zero attached hydrogens (tertiary/aromatic N) is 3. The molecule has 21 heavy (non-hydrogen) atoms. The highest BCUT2D eigenvalue weighted by molar-refractivity contribution is 6.01. The highest BCUT2D eigenvalue weighted by Gasteiger charge is 2.16. The van der Waals surface area contributed by atoms with E-state index in [-0.39, 0.29) is 11.5 Å². The Bertz CT molecular complexity index is 680. The number of aryl methyl sites for hydroxylation is 2. The number of anilines is 1. The lowest BCUT2D eigenvalue weighted by Crippen LogP contribution is -2.14. The van der Waals surface area contributed by atoms with Crippen LogP contribution < -0.4 is 5.32 Å². The van der Waals surface area contributed by atoms with Crippen molar-refractivity contribution in [3.63, 3.8) is 0 Å². The maximum absolute atomic E-state index is 12.0. The second kappa shape index (κ2) is 6.12. The Morgan fingerprint density at radius 3 is 2.71 bits per heavy atom. The van der Waals surface area contributed by atoms with Crippen molar-refractivity contribution in [1.82, 2.24) is 15.2 Å². The monoisotopic (exact) mass is 289 g/mol. The van der Waals surface area contributed by atoms with E-state index in [0.717, 1.165) is 0 Å². The smallest absolute Gasteiger partial charge is 0.295 e. The molecule has 1 aromatic heterocycles. The van der Waals surface area contributed by atoms with E-state index < -0.39 is 10.8 Å². The first-order valence-electron chi connectivity index (χ1n) is 6.55. The Morgan fingerprint density at radius 1 is 1.38 bits per heavy atom. The van der Waals surface area contributed by atoms with Gasteiger partial charge in [0.1, 0.15) is 5.82 Å². The van der Waals surface area contributed by atoms with Crippen molar-refractivity contribution in [2.45, 2.75) is 26.7 Å². The number of rotatable bonds is 5. The molecule has 0 spiro atoms. The number of nitro benzene ring substituents is 1. The van der Waals surface area contributed by atoms with Gasteiger partial charge in [-0.2, -0.15) is 0 Å². The van der Waals surface area contributed by atoms with Gasteiger partial charge < -0.3 is 5.32 Å². The third-order valence-corrected chi connectivity index (χ3v) is 2.99. The third-order valence-electron chi connectivity index (χ3n) is 2.99. The zero-order chi connectivity index (χ0) is 15.4. The van der Waals surface area contributed by atoms with Crippen molar-refractivity contribution >= 4 is 17.3 Å². The lowest BCUT2D eigenvalue weighted by Gasteiger charge is -2.05. The van der Waals surface area contributed by atoms with Crippen LogP contribution in [0.5, 0.6) is 0 Å². The molecule has 2 N–H and O–H groups in total. The fourth-order valence-corrected chi connectivity index (χ4v) is 1.85. The van der Waals surface area contributed by atoms with E-state index in [9.17, 15) is 14.9 Å². The van der Waals surface area contributed by atoms with Gasteiger partial charge in [0, 0.05) is 23.7 Å². The van der Waals surface area contributed by atoms with Crippen molar-refractivity contribution in [2.24, 2.45) is 0 Å². The molecule has 0 aliphatic carbocycles. The van der Waals surface area contributed by atoms with Crippen LogP contribution >= 0.6 is 0 Å². The average Bonchev–Trinajstić information content (AvgIpc) is 2.96. The molecule has 1 heterocycles. The number of carbonyl (C=O) groups is 1. The Hall–Kier alpha value is -2.77. The summed E-state index contributed by atoms with van der Waals surface area (Å²) in [5.74, 6) is 0.103. The first-order valence-corrected chi connectivity index (χ1v) is 6.55. The molecule has 0 atom stereocenters. The minimum Gasteiger partial charge on any atom is -0.319 e. The molecule has 0 radical (unpaired) electrons. The minimum absolute atomic E-state index is 0.00840. The van der Waals surface area contributed by atoms with E-state index in [2.05, 4.69) is 20.5 Å². The predicted octanol–water partition coefficient (Wildman–Crippen LogP) is 2.09. The summed E-state index contributed by atoms with van der Waals surface area (Å²) in [7, 11) is 0. The van der Waals surface area contributed by atoms with Crippen molar-refractivity contribution in [2.75, 3.05) is 5.32 Å². The first-order chi connectivity index (χ1) is 10.0. The van der Waals surface area contributed by atoms with Crippen molar-refractivity contribution in [3.8, 4) is 0 Å². The van der Waals surface area contributed by atoms with E-state index in [4.69, 9.17) is 0 Å². The Kier molecular flexibility index (Phi) is 4.27. The molecule has 0 aliphatic rings. The first kappa shape index (κ1) is 14.6. The van der Waals surface area contributed by atoms with Gasteiger partial charge in [-0.3, -0.25) is 20.0 Å². The molecule has 8 heteroatoms. The van der Waals surface area contributed by atoms with Gasteiger partial charge in [-0.25, -0.2) is 4.98 Å². The van der Waals surface area contributed by atoms with Crippen LogP contribution in [-0.2, 0) is 12.8 Å². The Morgan fingerprint density at radius 2 is 2.14 bits per heavy atom. The molecular formula is C13H15N5O3. The number of aromatic amines is 1. The number of nitro groups is 1. The van der Waals surface area contributed by atoms with Crippen LogP contribution in [0.3, 0.4) is 0 Å². The second-order valence-electron chi connectivity index (χ2n) is 4.37. The summed E-state index contributed by atoms with van der Waals surface area (Å²) in [5, 5.41) is 20.0. The zero-order valence-electron chi connectivity index (χ0n) is 11.7. The number of H-pyrrole nitrogens is 1. The molecular weight excluding hydrogens is 274 g/mol. The summed E-state index contributed by atoms with van der Waals surface area (Å²) >= 11 is 0. The third kappa shape index (κ3) is 3.22. The highest BCUT2D eigenvalue weighted by atomic mass is 16.6. The van der Waals surface area contributed by atoms with Crippen LogP contribution in [0.25, 0.3) is 0 Å². The minimum atomic E-state index is -0.510. The molecule has 0 saturated carbocycles. The van der Waals surface area contributed by atoms with E-state index in [1.165, 1.54) is 6.07 Å². The summed E-state index contributed by atoms with van der Waals surface area (Å²) in [6, 6.07) is 4.59. The maximum Gasteiger partial charge on any atom is 0.295 e.